The highest BCUT2D eigenvalue weighted by molar-refractivity contribution is 5.94. The minimum atomic E-state index is 0.695. The summed E-state index contributed by atoms with van der Waals surface area (Å²) in [7, 11) is 0. The number of hydrogen-bond acceptors (Lipinski definition) is 4. The fraction of sp³-hybridized carbons (Fsp3) is 0.364. The van der Waals surface area contributed by atoms with Crippen molar-refractivity contribution in [3.63, 3.8) is 0 Å². The van der Waals surface area contributed by atoms with Gasteiger partial charge in [-0.3, -0.25) is 4.99 Å². The molecule has 0 aliphatic carbocycles. The van der Waals surface area contributed by atoms with Gasteiger partial charge in [-0.15, -0.1) is 0 Å². The molecule has 0 saturated heterocycles. The molecule has 1 heterocycles. The van der Waals surface area contributed by atoms with Gasteiger partial charge < -0.3 is 16.4 Å². The Balaban J connectivity index is 1.97. The first kappa shape index (κ1) is 9.98. The number of hydrogen-bond donors (Lipinski definition) is 3. The maximum absolute atomic E-state index is 5.49. The number of anilines is 1. The van der Waals surface area contributed by atoms with E-state index in [4.69, 9.17) is 5.73 Å². The number of guanidine groups is 1. The Hall–Kier alpha value is -1.55. The van der Waals surface area contributed by atoms with Crippen LogP contribution in [0.4, 0.5) is 5.69 Å². The van der Waals surface area contributed by atoms with E-state index in [1.165, 1.54) is 5.56 Å². The van der Waals surface area contributed by atoms with Gasteiger partial charge in [0.05, 0.1) is 6.54 Å². The first-order chi connectivity index (χ1) is 7.38. The van der Waals surface area contributed by atoms with Gasteiger partial charge >= 0.3 is 0 Å². The lowest BCUT2D eigenvalue weighted by molar-refractivity contribution is 0.959. The maximum atomic E-state index is 5.49. The largest absolute Gasteiger partial charge is 0.354 e. The Morgan fingerprint density at radius 2 is 2.13 bits per heavy atom. The molecule has 0 saturated carbocycles. The van der Waals surface area contributed by atoms with E-state index in [1.807, 2.05) is 12.1 Å². The van der Waals surface area contributed by atoms with Gasteiger partial charge in [0.1, 0.15) is 0 Å². The quantitative estimate of drug-likeness (QED) is 0.674. The molecule has 4 nitrogen and oxygen atoms in total. The number of nitrogens with one attached hydrogen (secondary N) is 2. The van der Waals surface area contributed by atoms with Gasteiger partial charge in [-0.05, 0) is 30.7 Å². The Labute approximate surface area is 89.6 Å². The minimum absolute atomic E-state index is 0.695. The van der Waals surface area contributed by atoms with Gasteiger partial charge in [0, 0.05) is 12.2 Å². The predicted octanol–water partition coefficient (Wildman–Crippen LogP) is 0.559. The zero-order valence-corrected chi connectivity index (χ0v) is 8.66. The van der Waals surface area contributed by atoms with Crippen LogP contribution in [0.3, 0.4) is 0 Å². The normalized spacial score (nSPS) is 14.6. The molecule has 2 rings (SSSR count). The summed E-state index contributed by atoms with van der Waals surface area (Å²) in [5.74, 6) is 0.863. The molecule has 80 valence electrons. The van der Waals surface area contributed by atoms with Crippen LogP contribution in [0.2, 0.25) is 0 Å². The van der Waals surface area contributed by atoms with Crippen molar-refractivity contribution in [3.8, 4) is 0 Å². The molecule has 1 aromatic carbocycles. The van der Waals surface area contributed by atoms with Crippen LogP contribution in [-0.4, -0.2) is 25.6 Å². The van der Waals surface area contributed by atoms with Gasteiger partial charge in [-0.2, -0.15) is 0 Å². The average Bonchev–Trinajstić information content (AvgIpc) is 2.74. The smallest absolute Gasteiger partial charge is 0.195 e. The van der Waals surface area contributed by atoms with Crippen LogP contribution in [0.15, 0.2) is 29.3 Å². The van der Waals surface area contributed by atoms with E-state index in [2.05, 4.69) is 27.8 Å². The molecule has 0 amide bonds. The maximum Gasteiger partial charge on any atom is 0.195 e. The van der Waals surface area contributed by atoms with Crippen molar-refractivity contribution in [1.29, 1.82) is 0 Å². The molecule has 4 N–H and O–H groups in total. The summed E-state index contributed by atoms with van der Waals surface area (Å²) in [6, 6.07) is 8.27. The number of benzene rings is 1. The second-order valence-corrected chi connectivity index (χ2v) is 3.52. The second-order valence-electron chi connectivity index (χ2n) is 3.52. The summed E-state index contributed by atoms with van der Waals surface area (Å²) in [4.78, 5) is 4.26. The molecule has 1 aliphatic rings. The number of nitrogens with two attached hydrogens (primary N) is 1. The monoisotopic (exact) mass is 204 g/mol. The summed E-state index contributed by atoms with van der Waals surface area (Å²) in [6.45, 7) is 2.47. The summed E-state index contributed by atoms with van der Waals surface area (Å²) in [5, 5.41) is 6.38. The third kappa shape index (κ3) is 2.70. The highest BCUT2D eigenvalue weighted by Crippen LogP contribution is 2.09. The van der Waals surface area contributed by atoms with E-state index < -0.39 is 0 Å². The fourth-order valence-corrected chi connectivity index (χ4v) is 1.54. The van der Waals surface area contributed by atoms with Crippen LogP contribution in [0.1, 0.15) is 5.56 Å². The molecule has 0 atom stereocenters. The molecule has 15 heavy (non-hydrogen) atoms. The molecule has 4 heteroatoms. The average molecular weight is 204 g/mol. The standard InChI is InChI=1S/C11H16N4/c12-6-5-9-1-3-10(4-2-9)15-11-13-7-8-14-11/h1-4H,5-8,12H2,(H2,13,14,15). The van der Waals surface area contributed by atoms with Gasteiger partial charge in [-0.25, -0.2) is 0 Å². The van der Waals surface area contributed by atoms with Crippen molar-refractivity contribution in [3.05, 3.63) is 29.8 Å². The summed E-state index contributed by atoms with van der Waals surface area (Å²) in [6.07, 6.45) is 0.930. The first-order valence-corrected chi connectivity index (χ1v) is 5.23. The lowest BCUT2D eigenvalue weighted by atomic mass is 10.1. The predicted molar refractivity (Wildman–Crippen MR) is 63.1 cm³/mol. The van der Waals surface area contributed by atoms with Crippen LogP contribution in [-0.2, 0) is 6.42 Å². The Morgan fingerprint density at radius 3 is 2.73 bits per heavy atom. The lowest BCUT2D eigenvalue weighted by Crippen LogP contribution is -2.26. The zero-order valence-electron chi connectivity index (χ0n) is 8.66. The van der Waals surface area contributed by atoms with Crippen LogP contribution in [0.25, 0.3) is 0 Å². The lowest BCUT2D eigenvalue weighted by Gasteiger charge is -2.07. The Bertz CT molecular complexity index is 342. The van der Waals surface area contributed by atoms with Crippen LogP contribution < -0.4 is 16.4 Å². The Morgan fingerprint density at radius 1 is 1.33 bits per heavy atom. The number of rotatable bonds is 3. The number of aliphatic imine (C=N–C) groups is 1. The first-order valence-electron chi connectivity index (χ1n) is 5.23. The topological polar surface area (TPSA) is 62.4 Å². The minimum Gasteiger partial charge on any atom is -0.354 e. The van der Waals surface area contributed by atoms with Crippen molar-refractivity contribution in [2.45, 2.75) is 6.42 Å². The van der Waals surface area contributed by atoms with Crippen LogP contribution in [0.5, 0.6) is 0 Å². The molecule has 0 unspecified atom stereocenters. The third-order valence-corrected chi connectivity index (χ3v) is 2.32. The number of nitrogens with zero attached hydrogens (tertiary/aromatic N) is 1. The van der Waals surface area contributed by atoms with E-state index in [0.29, 0.717) is 6.54 Å². The van der Waals surface area contributed by atoms with Crippen molar-refractivity contribution < 1.29 is 0 Å². The van der Waals surface area contributed by atoms with Gasteiger partial charge in [0.15, 0.2) is 5.96 Å². The summed E-state index contributed by atoms with van der Waals surface area (Å²) < 4.78 is 0. The van der Waals surface area contributed by atoms with Crippen molar-refractivity contribution in [2.24, 2.45) is 10.7 Å². The molecule has 1 aliphatic heterocycles. The molecule has 0 bridgehead atoms. The summed E-state index contributed by atoms with van der Waals surface area (Å²) >= 11 is 0. The van der Waals surface area contributed by atoms with Gasteiger partial charge in [-0.1, -0.05) is 12.1 Å². The van der Waals surface area contributed by atoms with E-state index in [0.717, 1.165) is 31.2 Å². The molecule has 0 aromatic heterocycles. The van der Waals surface area contributed by atoms with E-state index in [9.17, 15) is 0 Å². The zero-order chi connectivity index (χ0) is 10.5. The third-order valence-electron chi connectivity index (χ3n) is 2.32. The summed E-state index contributed by atoms with van der Waals surface area (Å²) in [5.41, 5.74) is 7.81. The van der Waals surface area contributed by atoms with Crippen LogP contribution in [0, 0.1) is 0 Å². The van der Waals surface area contributed by atoms with Gasteiger partial charge in [0.25, 0.3) is 0 Å². The van der Waals surface area contributed by atoms with E-state index >= 15 is 0 Å². The highest BCUT2D eigenvalue weighted by atomic mass is 15.2. The highest BCUT2D eigenvalue weighted by Gasteiger charge is 2.03. The van der Waals surface area contributed by atoms with Gasteiger partial charge in [0.2, 0.25) is 0 Å². The Kier molecular flexibility index (Phi) is 3.19. The van der Waals surface area contributed by atoms with Crippen molar-refractivity contribution >= 4 is 11.6 Å². The molecular formula is C11H16N4. The van der Waals surface area contributed by atoms with E-state index in [1.54, 1.807) is 0 Å². The molecule has 1 aromatic rings. The van der Waals surface area contributed by atoms with Crippen LogP contribution >= 0.6 is 0 Å². The molecular weight excluding hydrogens is 188 g/mol. The molecule has 0 fully saturated rings. The second kappa shape index (κ2) is 4.79. The molecule has 0 spiro atoms. The SMILES string of the molecule is NCCc1ccc(NC2=NCCN2)cc1. The van der Waals surface area contributed by atoms with E-state index in [-0.39, 0.29) is 0 Å². The van der Waals surface area contributed by atoms with Crippen molar-refractivity contribution in [1.82, 2.24) is 5.32 Å². The molecule has 0 radical (unpaired) electrons. The fourth-order valence-electron chi connectivity index (χ4n) is 1.54. The van der Waals surface area contributed by atoms with Crippen molar-refractivity contribution in [2.75, 3.05) is 25.0 Å².